The summed E-state index contributed by atoms with van der Waals surface area (Å²) < 4.78 is 58.1. The van der Waals surface area contributed by atoms with Crippen molar-refractivity contribution in [2.24, 2.45) is 5.92 Å². The fraction of sp³-hybridized carbons (Fsp3) is 0.400. The minimum absolute atomic E-state index is 0.104. The van der Waals surface area contributed by atoms with Crippen LogP contribution >= 0.6 is 0 Å². The molecule has 5 nitrogen and oxygen atoms in total. The zero-order chi connectivity index (χ0) is 21.3. The fourth-order valence-corrected chi connectivity index (χ4v) is 3.24. The zero-order valence-corrected chi connectivity index (χ0v) is 16.2. The van der Waals surface area contributed by atoms with E-state index in [1.54, 1.807) is 18.7 Å². The smallest absolute Gasteiger partial charge is 0.338 e. The molecule has 0 radical (unpaired) electrons. The van der Waals surface area contributed by atoms with Gasteiger partial charge in [-0.2, -0.15) is 13.2 Å². The molecular formula is C20H21F4N3O2. The zero-order valence-electron chi connectivity index (χ0n) is 16.2. The van der Waals surface area contributed by atoms with Crippen LogP contribution in [0.3, 0.4) is 0 Å². The topological polar surface area (TPSA) is 58.4 Å². The van der Waals surface area contributed by atoms with Gasteiger partial charge in [-0.25, -0.2) is 9.18 Å². The van der Waals surface area contributed by atoms with Crippen molar-refractivity contribution in [2.75, 3.05) is 18.4 Å². The second kappa shape index (κ2) is 7.88. The molecule has 29 heavy (non-hydrogen) atoms. The quantitative estimate of drug-likeness (QED) is 0.673. The first-order valence-corrected chi connectivity index (χ1v) is 9.13. The van der Waals surface area contributed by atoms with Crippen molar-refractivity contribution >= 4 is 18.0 Å². The predicted octanol–water partition coefficient (Wildman–Crippen LogP) is 5.41. The summed E-state index contributed by atoms with van der Waals surface area (Å²) in [5.41, 5.74) is 0.824. The van der Waals surface area contributed by atoms with Gasteiger partial charge in [0, 0.05) is 24.2 Å². The minimum Gasteiger partial charge on any atom is -0.338 e. The van der Waals surface area contributed by atoms with Crippen molar-refractivity contribution in [1.29, 1.82) is 0 Å². The number of urea groups is 1. The van der Waals surface area contributed by atoms with Crippen molar-refractivity contribution in [3.05, 3.63) is 52.0 Å². The van der Waals surface area contributed by atoms with E-state index in [1.807, 2.05) is 6.92 Å². The van der Waals surface area contributed by atoms with Crippen molar-refractivity contribution in [1.82, 2.24) is 10.1 Å². The van der Waals surface area contributed by atoms with Crippen molar-refractivity contribution in [2.45, 2.75) is 33.4 Å². The second-order valence-corrected chi connectivity index (χ2v) is 7.18. The maximum absolute atomic E-state index is 14.3. The molecule has 0 aliphatic carbocycles. The number of likely N-dealkylation sites (tertiary alicyclic amines) is 1. The number of amides is 2. The Kier molecular flexibility index (Phi) is 5.68. The predicted molar refractivity (Wildman–Crippen MR) is 99.7 cm³/mol. The number of nitrogens with zero attached hydrogens (tertiary/aromatic N) is 2. The van der Waals surface area contributed by atoms with Crippen LogP contribution in [-0.4, -0.2) is 29.2 Å². The summed E-state index contributed by atoms with van der Waals surface area (Å²) in [7, 11) is 0. The van der Waals surface area contributed by atoms with Gasteiger partial charge in [0.2, 0.25) is 5.88 Å². The first-order chi connectivity index (χ1) is 13.6. The molecule has 1 N–H and O–H groups in total. The number of hydrogen-bond donors (Lipinski definition) is 1. The van der Waals surface area contributed by atoms with Gasteiger partial charge >= 0.3 is 12.2 Å². The first kappa shape index (κ1) is 20.9. The van der Waals surface area contributed by atoms with E-state index < -0.39 is 17.6 Å². The summed E-state index contributed by atoms with van der Waals surface area (Å²) in [6.07, 6.45) is -2.87. The summed E-state index contributed by atoms with van der Waals surface area (Å²) in [6.45, 7) is 6.10. The molecule has 2 aromatic rings. The number of carbonyl (C=O) groups is 1. The lowest BCUT2D eigenvalue weighted by atomic mass is 9.91. The fourth-order valence-electron chi connectivity index (χ4n) is 3.24. The molecule has 3 rings (SSSR count). The molecule has 1 atom stereocenters. The monoisotopic (exact) mass is 411 g/mol. The van der Waals surface area contributed by atoms with Crippen LogP contribution < -0.4 is 5.32 Å². The molecule has 1 aromatic heterocycles. The van der Waals surface area contributed by atoms with E-state index in [1.165, 1.54) is 18.2 Å². The molecule has 1 saturated heterocycles. The third-order valence-corrected chi connectivity index (χ3v) is 5.14. The van der Waals surface area contributed by atoms with E-state index in [2.05, 4.69) is 10.5 Å². The van der Waals surface area contributed by atoms with Gasteiger partial charge < -0.3 is 9.42 Å². The van der Waals surface area contributed by atoms with Gasteiger partial charge in [0.15, 0.2) is 0 Å². The Bertz CT molecular complexity index is 950. The van der Waals surface area contributed by atoms with Crippen molar-refractivity contribution in [3.63, 3.8) is 0 Å². The van der Waals surface area contributed by atoms with Gasteiger partial charge in [0.1, 0.15) is 5.82 Å². The Morgan fingerprint density at radius 2 is 2.07 bits per heavy atom. The maximum Gasteiger partial charge on any atom is 0.419 e. The lowest BCUT2D eigenvalue weighted by Crippen LogP contribution is -2.42. The van der Waals surface area contributed by atoms with Crippen LogP contribution in [0.15, 0.2) is 28.3 Å². The standard InChI is InChI=1S/C20H21F4N3O2/c1-11-10-27(19(28)25-18-12(2)13(3)26-29-18)8-7-14(11)9-15-5-4-6-16(17(15)21)20(22,23)24/h4-6,9,11H,7-8,10H2,1-3H3,(H,25,28)/b14-9+. The average Bonchev–Trinajstić information content (AvgIpc) is 2.96. The number of benzene rings is 1. The molecule has 1 aromatic carbocycles. The van der Waals surface area contributed by atoms with Gasteiger partial charge in [0.25, 0.3) is 0 Å². The molecule has 1 unspecified atom stereocenters. The molecule has 0 bridgehead atoms. The molecular weight excluding hydrogens is 390 g/mol. The summed E-state index contributed by atoms with van der Waals surface area (Å²) >= 11 is 0. The number of aryl methyl sites for hydroxylation is 1. The maximum atomic E-state index is 14.3. The molecule has 1 fully saturated rings. The van der Waals surface area contributed by atoms with Crippen molar-refractivity contribution < 1.29 is 26.9 Å². The number of piperidine rings is 1. The molecule has 156 valence electrons. The Hall–Kier alpha value is -2.84. The highest BCUT2D eigenvalue weighted by Gasteiger charge is 2.35. The number of alkyl halides is 3. The average molecular weight is 411 g/mol. The van der Waals surface area contributed by atoms with Gasteiger partial charge in [-0.05, 0) is 32.3 Å². The number of anilines is 1. The highest BCUT2D eigenvalue weighted by atomic mass is 19.4. The Balaban J connectivity index is 1.72. The van der Waals surface area contributed by atoms with Gasteiger partial charge in [-0.1, -0.05) is 35.9 Å². The number of halogens is 4. The molecule has 2 amide bonds. The van der Waals surface area contributed by atoms with E-state index in [0.717, 1.165) is 17.2 Å². The number of aromatic nitrogens is 1. The third kappa shape index (κ3) is 4.44. The van der Waals surface area contributed by atoms with Crippen LogP contribution in [0.5, 0.6) is 0 Å². The van der Waals surface area contributed by atoms with Gasteiger partial charge in [0.05, 0.1) is 11.3 Å². The minimum atomic E-state index is -4.75. The number of rotatable bonds is 2. The summed E-state index contributed by atoms with van der Waals surface area (Å²) in [4.78, 5) is 14.1. The summed E-state index contributed by atoms with van der Waals surface area (Å²) in [6, 6.07) is 2.88. The summed E-state index contributed by atoms with van der Waals surface area (Å²) in [5.74, 6) is -1.13. The molecule has 9 heteroatoms. The van der Waals surface area contributed by atoms with E-state index in [9.17, 15) is 22.4 Å². The Labute approximate surface area is 165 Å². The highest BCUT2D eigenvalue weighted by molar-refractivity contribution is 5.88. The third-order valence-electron chi connectivity index (χ3n) is 5.14. The van der Waals surface area contributed by atoms with Crippen LogP contribution in [0.25, 0.3) is 6.08 Å². The Morgan fingerprint density at radius 1 is 1.34 bits per heavy atom. The van der Waals surface area contributed by atoms with Gasteiger partial charge in [-0.3, -0.25) is 5.32 Å². The SMILES string of the molecule is Cc1noc(NC(=O)N2CC/C(=C\c3cccc(C(F)(F)F)c3F)C(C)C2)c1C. The number of carbonyl (C=O) groups excluding carboxylic acids is 1. The largest absolute Gasteiger partial charge is 0.419 e. The lowest BCUT2D eigenvalue weighted by Gasteiger charge is -2.33. The Morgan fingerprint density at radius 3 is 2.66 bits per heavy atom. The van der Waals surface area contributed by atoms with Crippen molar-refractivity contribution in [3.8, 4) is 0 Å². The molecule has 0 spiro atoms. The molecule has 1 aliphatic rings. The van der Waals surface area contributed by atoms with Crippen LogP contribution in [0.2, 0.25) is 0 Å². The first-order valence-electron chi connectivity index (χ1n) is 9.13. The van der Waals surface area contributed by atoms with Crippen LogP contribution in [0, 0.1) is 25.6 Å². The normalized spacial score (nSPS) is 18.9. The molecule has 0 saturated carbocycles. The van der Waals surface area contributed by atoms with Gasteiger partial charge in [-0.15, -0.1) is 0 Å². The van der Waals surface area contributed by atoms with E-state index in [-0.39, 0.29) is 23.4 Å². The molecule has 2 heterocycles. The van der Waals surface area contributed by atoms with E-state index in [0.29, 0.717) is 25.2 Å². The van der Waals surface area contributed by atoms with Crippen LogP contribution in [-0.2, 0) is 6.18 Å². The lowest BCUT2D eigenvalue weighted by molar-refractivity contribution is -0.140. The number of nitrogens with one attached hydrogen (secondary N) is 1. The highest BCUT2D eigenvalue weighted by Crippen LogP contribution is 2.34. The van der Waals surface area contributed by atoms with Crippen LogP contribution in [0.4, 0.5) is 28.2 Å². The second-order valence-electron chi connectivity index (χ2n) is 7.18. The number of hydrogen-bond acceptors (Lipinski definition) is 3. The summed E-state index contributed by atoms with van der Waals surface area (Å²) in [5, 5.41) is 6.46. The van der Waals surface area contributed by atoms with Crippen LogP contribution in [0.1, 0.15) is 35.7 Å². The van der Waals surface area contributed by atoms with E-state index in [4.69, 9.17) is 4.52 Å². The van der Waals surface area contributed by atoms with E-state index >= 15 is 0 Å². The molecule has 1 aliphatic heterocycles.